The number of aromatic nitrogens is 1. The largest absolute Gasteiger partial charge is 0.494 e. The van der Waals surface area contributed by atoms with Gasteiger partial charge in [0.25, 0.3) is 15.5 Å². The molecule has 0 saturated heterocycles. The van der Waals surface area contributed by atoms with E-state index in [4.69, 9.17) is 10.7 Å². The van der Waals surface area contributed by atoms with Gasteiger partial charge in [-0.1, -0.05) is 0 Å². The van der Waals surface area contributed by atoms with Crippen LogP contribution in [0.5, 0.6) is 5.75 Å². The number of rotatable bonds is 3. The minimum Gasteiger partial charge on any atom is -0.494 e. The second-order valence-electron chi connectivity index (χ2n) is 2.59. The third kappa shape index (κ3) is 2.38. The fourth-order valence-corrected chi connectivity index (χ4v) is 2.12. The maximum atomic E-state index is 13.4. The molecule has 0 unspecified atom stereocenters. The molecule has 0 aliphatic heterocycles. The van der Waals surface area contributed by atoms with E-state index in [-0.39, 0.29) is 0 Å². The summed E-state index contributed by atoms with van der Waals surface area (Å²) >= 11 is 0. The Kier molecular flexibility index (Phi) is 3.64. The summed E-state index contributed by atoms with van der Waals surface area (Å²) in [4.78, 5) is 1.91. The molecule has 1 rings (SSSR count). The summed E-state index contributed by atoms with van der Waals surface area (Å²) < 4.78 is 64.3. The van der Waals surface area contributed by atoms with Gasteiger partial charge in [0, 0.05) is 10.7 Å². The summed E-state index contributed by atoms with van der Waals surface area (Å²) in [6, 6.07) is 0. The van der Waals surface area contributed by atoms with Gasteiger partial charge in [-0.05, 0) is 0 Å². The van der Waals surface area contributed by atoms with Crippen LogP contribution in [0.1, 0.15) is 12.1 Å². The Bertz CT molecular complexity index is 506. The number of halogens is 4. The monoisotopic (exact) mass is 275 g/mol. The van der Waals surface area contributed by atoms with E-state index in [1.807, 2.05) is 0 Å². The van der Waals surface area contributed by atoms with Gasteiger partial charge in [0.1, 0.15) is 5.69 Å². The zero-order valence-corrected chi connectivity index (χ0v) is 9.32. The van der Waals surface area contributed by atoms with Crippen molar-refractivity contribution < 1.29 is 26.3 Å². The van der Waals surface area contributed by atoms with Crippen LogP contribution in [-0.4, -0.2) is 20.5 Å². The van der Waals surface area contributed by atoms with Gasteiger partial charge in [0.15, 0.2) is 16.5 Å². The number of hydrogen-bond acceptors (Lipinski definition) is 4. The van der Waals surface area contributed by atoms with Gasteiger partial charge in [-0.3, -0.25) is 0 Å². The van der Waals surface area contributed by atoms with Crippen LogP contribution in [0, 0.1) is 5.82 Å². The molecule has 0 spiro atoms. The molecule has 0 aliphatic carbocycles. The van der Waals surface area contributed by atoms with E-state index in [1.165, 1.54) is 0 Å². The maximum absolute atomic E-state index is 13.4. The summed E-state index contributed by atoms with van der Waals surface area (Å²) in [6.45, 7) is 0. The van der Waals surface area contributed by atoms with Crippen molar-refractivity contribution in [3.63, 3.8) is 0 Å². The molecule has 0 N–H and O–H groups in total. The van der Waals surface area contributed by atoms with Gasteiger partial charge in [-0.2, -0.15) is 0 Å². The first kappa shape index (κ1) is 13.0. The molecule has 1 heterocycles. The lowest BCUT2D eigenvalue weighted by Gasteiger charge is -2.08. The topological polar surface area (TPSA) is 56.3 Å². The Balaban J connectivity index is 3.60. The minimum absolute atomic E-state index is 0.531. The highest BCUT2D eigenvalue weighted by Crippen LogP contribution is 2.33. The van der Waals surface area contributed by atoms with E-state index in [1.54, 1.807) is 0 Å². The molecule has 0 radical (unpaired) electrons. The van der Waals surface area contributed by atoms with E-state index < -0.39 is 37.6 Å². The van der Waals surface area contributed by atoms with Gasteiger partial charge >= 0.3 is 0 Å². The lowest BCUT2D eigenvalue weighted by molar-refractivity contribution is 0.139. The highest BCUT2D eigenvalue weighted by Gasteiger charge is 2.28. The lowest BCUT2D eigenvalue weighted by Crippen LogP contribution is -2.06. The highest BCUT2D eigenvalue weighted by molar-refractivity contribution is 8.13. The summed E-state index contributed by atoms with van der Waals surface area (Å²) in [7, 11) is 1.40. The van der Waals surface area contributed by atoms with Crippen molar-refractivity contribution in [2.45, 2.75) is 11.3 Å². The minimum atomic E-state index is -4.53. The van der Waals surface area contributed by atoms with Gasteiger partial charge in [-0.15, -0.1) is 0 Å². The second kappa shape index (κ2) is 4.46. The molecule has 0 bridgehead atoms. The van der Waals surface area contributed by atoms with Crippen LogP contribution in [0.2, 0.25) is 0 Å². The van der Waals surface area contributed by atoms with Crippen molar-refractivity contribution in [3.8, 4) is 5.75 Å². The number of ether oxygens (including phenoxy) is 1. The molecule has 0 aliphatic rings. The molecule has 9 heteroatoms. The van der Waals surface area contributed by atoms with E-state index >= 15 is 0 Å². The molecular weight excluding hydrogens is 271 g/mol. The van der Waals surface area contributed by atoms with Gasteiger partial charge in [-0.25, -0.2) is 26.6 Å². The molecule has 0 fully saturated rings. The zero-order chi connectivity index (χ0) is 12.5. The van der Waals surface area contributed by atoms with Gasteiger partial charge < -0.3 is 4.74 Å². The smallest absolute Gasteiger partial charge is 0.283 e. The average molecular weight is 276 g/mol. The molecule has 0 saturated carbocycles. The number of alkyl halides is 2. The Labute approximate surface area is 93.4 Å². The van der Waals surface area contributed by atoms with Crippen LogP contribution in [0.15, 0.2) is 11.1 Å². The number of pyridine rings is 1. The highest BCUT2D eigenvalue weighted by atomic mass is 35.7. The standard InChI is InChI=1S/C7H5ClF3NO3S/c1-15-3-2-12-5(7(10)11)4(9)6(3)16(8,13)14/h2,7H,1H3. The van der Waals surface area contributed by atoms with Crippen LogP contribution in [-0.2, 0) is 9.05 Å². The number of nitrogens with zero attached hydrogens (tertiary/aromatic N) is 1. The lowest BCUT2D eigenvalue weighted by atomic mass is 10.3. The quantitative estimate of drug-likeness (QED) is 0.793. The zero-order valence-electron chi connectivity index (χ0n) is 7.75. The molecule has 1 aromatic heterocycles. The first-order chi connectivity index (χ1) is 7.29. The molecule has 16 heavy (non-hydrogen) atoms. The normalized spacial score (nSPS) is 11.9. The summed E-state index contributed by atoms with van der Waals surface area (Å²) in [6.07, 6.45) is -2.58. The van der Waals surface area contributed by atoms with Crippen molar-refractivity contribution in [3.05, 3.63) is 17.7 Å². The maximum Gasteiger partial charge on any atom is 0.283 e. The van der Waals surface area contributed by atoms with Crippen LogP contribution in [0.25, 0.3) is 0 Å². The fourth-order valence-electron chi connectivity index (χ4n) is 0.993. The van der Waals surface area contributed by atoms with Crippen molar-refractivity contribution in [1.29, 1.82) is 0 Å². The summed E-state index contributed by atoms with van der Waals surface area (Å²) in [5.41, 5.74) is -1.29. The molecule has 0 amide bonds. The average Bonchev–Trinajstić information content (AvgIpc) is 2.14. The first-order valence-electron chi connectivity index (χ1n) is 3.74. The SMILES string of the molecule is COc1cnc(C(F)F)c(F)c1S(=O)(=O)Cl. The molecule has 0 aromatic carbocycles. The van der Waals surface area contributed by atoms with E-state index in [0.717, 1.165) is 7.11 Å². The molecule has 4 nitrogen and oxygen atoms in total. The predicted molar refractivity (Wildman–Crippen MR) is 48.7 cm³/mol. The van der Waals surface area contributed by atoms with Crippen LogP contribution in [0.4, 0.5) is 13.2 Å². The Morgan fingerprint density at radius 2 is 2.06 bits per heavy atom. The van der Waals surface area contributed by atoms with E-state index in [0.29, 0.717) is 6.20 Å². The van der Waals surface area contributed by atoms with Crippen LogP contribution < -0.4 is 4.74 Å². The molecule has 0 atom stereocenters. The third-order valence-electron chi connectivity index (χ3n) is 1.64. The number of methoxy groups -OCH3 is 1. The van der Waals surface area contributed by atoms with Crippen molar-refractivity contribution in [2.75, 3.05) is 7.11 Å². The van der Waals surface area contributed by atoms with E-state index in [2.05, 4.69) is 9.72 Å². The van der Waals surface area contributed by atoms with Crippen molar-refractivity contribution in [1.82, 2.24) is 4.98 Å². The Hall–Kier alpha value is -1.02. The summed E-state index contributed by atoms with van der Waals surface area (Å²) in [5, 5.41) is 0. The van der Waals surface area contributed by atoms with Crippen molar-refractivity contribution >= 4 is 19.7 Å². The van der Waals surface area contributed by atoms with Crippen molar-refractivity contribution in [2.24, 2.45) is 0 Å². The Morgan fingerprint density at radius 3 is 2.44 bits per heavy atom. The van der Waals surface area contributed by atoms with Gasteiger partial charge in [0.05, 0.1) is 13.3 Å². The van der Waals surface area contributed by atoms with Crippen LogP contribution in [0.3, 0.4) is 0 Å². The third-order valence-corrected chi connectivity index (χ3v) is 2.97. The van der Waals surface area contributed by atoms with E-state index in [9.17, 15) is 21.6 Å². The predicted octanol–water partition coefficient (Wildman–Crippen LogP) is 2.09. The number of hydrogen-bond donors (Lipinski definition) is 0. The van der Waals surface area contributed by atoms with Crippen LogP contribution >= 0.6 is 10.7 Å². The molecule has 1 aromatic rings. The summed E-state index contributed by atoms with van der Waals surface area (Å²) in [5.74, 6) is -2.23. The molecule has 90 valence electrons. The Morgan fingerprint density at radius 1 is 1.50 bits per heavy atom. The molecular formula is C7H5ClF3NO3S. The fraction of sp³-hybridized carbons (Fsp3) is 0.286. The second-order valence-corrected chi connectivity index (χ2v) is 5.10. The van der Waals surface area contributed by atoms with Gasteiger partial charge in [0.2, 0.25) is 0 Å². The first-order valence-corrected chi connectivity index (χ1v) is 6.05.